The number of nitrogens with two attached hydrogens (primary N) is 1. The van der Waals surface area contributed by atoms with Crippen molar-refractivity contribution in [1.29, 1.82) is 0 Å². The number of halogens is 2. The fraction of sp³-hybridized carbons (Fsp3) is 0.300. The fourth-order valence-corrected chi connectivity index (χ4v) is 2.36. The first-order valence-corrected chi connectivity index (χ1v) is 7.42. The molecule has 0 aliphatic heterocycles. The molecule has 2 N–H and O–H groups in total. The highest BCUT2D eigenvalue weighted by Crippen LogP contribution is 2.24. The molecule has 0 amide bonds. The van der Waals surface area contributed by atoms with E-state index in [9.17, 15) is 8.60 Å². The molecule has 0 aliphatic carbocycles. The highest BCUT2D eigenvalue weighted by molar-refractivity contribution is 9.10. The molecule has 0 aliphatic rings. The topological polar surface area (TPSA) is 60.9 Å². The molecule has 2 aromatic rings. The van der Waals surface area contributed by atoms with Crippen LogP contribution in [0.25, 0.3) is 11.0 Å². The molecule has 2 rings (SSSR count). The molecular weight excluding hydrogens is 309 g/mol. The van der Waals surface area contributed by atoms with Gasteiger partial charge in [0.25, 0.3) is 0 Å². The number of nitrogens with zero attached hydrogens (tertiary/aromatic N) is 2. The summed E-state index contributed by atoms with van der Waals surface area (Å²) in [6.07, 6.45) is 1.62. The molecule has 0 saturated heterocycles. The number of hydrogen-bond donors (Lipinski definition) is 1. The normalized spacial score (nSPS) is 13.1. The van der Waals surface area contributed by atoms with E-state index in [4.69, 9.17) is 5.73 Å². The summed E-state index contributed by atoms with van der Waals surface area (Å²) in [7, 11) is -0.918. The Labute approximate surface area is 109 Å². The van der Waals surface area contributed by atoms with Crippen molar-refractivity contribution in [2.75, 3.05) is 17.7 Å². The average molecular weight is 320 g/mol. The second kappa shape index (κ2) is 4.73. The number of rotatable bonds is 3. The lowest BCUT2D eigenvalue weighted by Crippen LogP contribution is -2.09. The molecule has 92 valence electrons. The van der Waals surface area contributed by atoms with Gasteiger partial charge in [0.2, 0.25) is 5.95 Å². The van der Waals surface area contributed by atoms with Crippen molar-refractivity contribution in [3.63, 3.8) is 0 Å². The van der Waals surface area contributed by atoms with Crippen LogP contribution in [0.4, 0.5) is 10.3 Å². The SMILES string of the molecule is CS(=O)CCn1c(N)nc2cc(Br)c(F)cc21. The van der Waals surface area contributed by atoms with Crippen LogP contribution < -0.4 is 5.73 Å². The Morgan fingerprint density at radius 3 is 2.94 bits per heavy atom. The van der Waals surface area contributed by atoms with Crippen LogP contribution in [-0.2, 0) is 17.3 Å². The molecule has 1 atom stereocenters. The van der Waals surface area contributed by atoms with Crippen molar-refractivity contribution in [3.05, 3.63) is 22.4 Å². The first-order chi connectivity index (χ1) is 7.99. The van der Waals surface area contributed by atoms with Crippen LogP contribution in [0, 0.1) is 5.82 Å². The first-order valence-electron chi connectivity index (χ1n) is 4.90. The van der Waals surface area contributed by atoms with Crippen LogP contribution in [0.2, 0.25) is 0 Å². The third-order valence-electron chi connectivity index (χ3n) is 2.42. The molecule has 0 spiro atoms. The molecule has 1 aromatic carbocycles. The van der Waals surface area contributed by atoms with E-state index in [2.05, 4.69) is 20.9 Å². The van der Waals surface area contributed by atoms with Gasteiger partial charge in [-0.25, -0.2) is 9.37 Å². The van der Waals surface area contributed by atoms with Gasteiger partial charge < -0.3 is 10.3 Å². The van der Waals surface area contributed by atoms with Gasteiger partial charge in [-0.2, -0.15) is 0 Å². The van der Waals surface area contributed by atoms with Crippen molar-refractivity contribution < 1.29 is 8.60 Å². The fourth-order valence-electron chi connectivity index (χ4n) is 1.59. The van der Waals surface area contributed by atoms with E-state index in [0.29, 0.717) is 33.8 Å². The summed E-state index contributed by atoms with van der Waals surface area (Å²) in [4.78, 5) is 4.14. The van der Waals surface area contributed by atoms with Gasteiger partial charge >= 0.3 is 0 Å². The first kappa shape index (κ1) is 12.5. The van der Waals surface area contributed by atoms with Crippen LogP contribution >= 0.6 is 15.9 Å². The van der Waals surface area contributed by atoms with Gasteiger partial charge in [0.15, 0.2) is 0 Å². The summed E-state index contributed by atoms with van der Waals surface area (Å²) in [5, 5.41) is 0. The van der Waals surface area contributed by atoms with Gasteiger partial charge in [-0.15, -0.1) is 0 Å². The molecule has 0 bridgehead atoms. The summed E-state index contributed by atoms with van der Waals surface area (Å²) in [5.74, 6) is 0.409. The van der Waals surface area contributed by atoms with Crippen molar-refractivity contribution in [1.82, 2.24) is 9.55 Å². The summed E-state index contributed by atoms with van der Waals surface area (Å²) in [5.41, 5.74) is 7.00. The van der Waals surface area contributed by atoms with Crippen LogP contribution in [0.5, 0.6) is 0 Å². The monoisotopic (exact) mass is 319 g/mol. The van der Waals surface area contributed by atoms with E-state index < -0.39 is 10.8 Å². The molecule has 0 fully saturated rings. The number of benzene rings is 1. The quantitative estimate of drug-likeness (QED) is 0.939. The Kier molecular flexibility index (Phi) is 3.48. The highest BCUT2D eigenvalue weighted by Gasteiger charge is 2.11. The van der Waals surface area contributed by atoms with E-state index in [0.717, 1.165) is 0 Å². The number of aryl methyl sites for hydroxylation is 1. The molecule has 0 radical (unpaired) electrons. The summed E-state index contributed by atoms with van der Waals surface area (Å²) in [6.45, 7) is 0.465. The van der Waals surface area contributed by atoms with Crippen LogP contribution in [0.1, 0.15) is 0 Å². The molecule has 0 saturated carbocycles. The van der Waals surface area contributed by atoms with Crippen molar-refractivity contribution in [3.8, 4) is 0 Å². The van der Waals surface area contributed by atoms with E-state index >= 15 is 0 Å². The Balaban J connectivity index is 2.50. The zero-order chi connectivity index (χ0) is 12.6. The van der Waals surface area contributed by atoms with Crippen LogP contribution in [0.15, 0.2) is 16.6 Å². The Morgan fingerprint density at radius 1 is 1.59 bits per heavy atom. The predicted molar refractivity (Wildman–Crippen MR) is 70.7 cm³/mol. The van der Waals surface area contributed by atoms with Gasteiger partial charge in [0.05, 0.1) is 15.5 Å². The van der Waals surface area contributed by atoms with Gasteiger partial charge in [-0.1, -0.05) is 0 Å². The van der Waals surface area contributed by atoms with Crippen LogP contribution in [-0.4, -0.2) is 25.8 Å². The Morgan fingerprint density at radius 2 is 2.29 bits per heavy atom. The zero-order valence-electron chi connectivity index (χ0n) is 9.11. The molecule has 17 heavy (non-hydrogen) atoms. The van der Waals surface area contributed by atoms with Crippen molar-refractivity contribution in [2.24, 2.45) is 0 Å². The number of hydrogen-bond acceptors (Lipinski definition) is 3. The van der Waals surface area contributed by atoms with Crippen LogP contribution in [0.3, 0.4) is 0 Å². The average Bonchev–Trinajstić information content (AvgIpc) is 2.52. The third-order valence-corrected chi connectivity index (χ3v) is 3.79. The molecule has 1 aromatic heterocycles. The highest BCUT2D eigenvalue weighted by atomic mass is 79.9. The number of imidazole rings is 1. The standard InChI is InChI=1S/C10H11BrFN3OS/c1-17(16)3-2-15-9-5-7(12)6(11)4-8(9)14-10(15)13/h4-5H,2-3H2,1H3,(H2,13,14). The second-order valence-corrected chi connectivity index (χ2v) is 6.06. The molecule has 1 heterocycles. The van der Waals surface area contributed by atoms with Crippen molar-refractivity contribution in [2.45, 2.75) is 6.54 Å². The lowest BCUT2D eigenvalue weighted by molar-refractivity contribution is 0.621. The largest absolute Gasteiger partial charge is 0.369 e. The number of nitrogen functional groups attached to an aromatic ring is 1. The second-order valence-electron chi connectivity index (χ2n) is 3.65. The lowest BCUT2D eigenvalue weighted by Gasteiger charge is -2.05. The molecular formula is C10H11BrFN3OS. The van der Waals surface area contributed by atoms with Gasteiger partial charge in [-0.3, -0.25) is 4.21 Å². The molecule has 7 heteroatoms. The Hall–Kier alpha value is -0.950. The maximum Gasteiger partial charge on any atom is 0.201 e. The van der Waals surface area contributed by atoms with Gasteiger partial charge in [-0.05, 0) is 22.0 Å². The van der Waals surface area contributed by atoms with Gasteiger partial charge in [0, 0.05) is 35.4 Å². The van der Waals surface area contributed by atoms with E-state index in [1.165, 1.54) is 6.07 Å². The predicted octanol–water partition coefficient (Wildman–Crippen LogP) is 1.90. The minimum Gasteiger partial charge on any atom is -0.369 e. The smallest absolute Gasteiger partial charge is 0.201 e. The van der Waals surface area contributed by atoms with E-state index in [-0.39, 0.29) is 5.82 Å². The Bertz CT molecular complexity index is 599. The minimum atomic E-state index is -0.918. The molecule has 1 unspecified atom stereocenters. The van der Waals surface area contributed by atoms with E-state index in [1.807, 2.05) is 0 Å². The summed E-state index contributed by atoms with van der Waals surface area (Å²) >= 11 is 3.10. The third kappa shape index (κ3) is 2.50. The van der Waals surface area contributed by atoms with Gasteiger partial charge in [0.1, 0.15) is 5.82 Å². The van der Waals surface area contributed by atoms with E-state index in [1.54, 1.807) is 16.9 Å². The molecule has 4 nitrogen and oxygen atoms in total. The number of fused-ring (bicyclic) bond motifs is 1. The number of aromatic nitrogens is 2. The number of anilines is 1. The van der Waals surface area contributed by atoms with Crippen molar-refractivity contribution >= 4 is 43.7 Å². The zero-order valence-corrected chi connectivity index (χ0v) is 11.5. The maximum absolute atomic E-state index is 13.4. The maximum atomic E-state index is 13.4. The minimum absolute atomic E-state index is 0.308. The summed E-state index contributed by atoms with van der Waals surface area (Å²) < 4.78 is 26.5. The lowest BCUT2D eigenvalue weighted by atomic mass is 10.3. The summed E-state index contributed by atoms with van der Waals surface area (Å²) in [6, 6.07) is 2.96.